The van der Waals surface area contributed by atoms with E-state index >= 15 is 0 Å². The van der Waals surface area contributed by atoms with Gasteiger partial charge in [-0.1, -0.05) is 36.6 Å². The maximum absolute atomic E-state index is 6.16. The van der Waals surface area contributed by atoms with E-state index in [1.165, 1.54) is 32.1 Å². The minimum absolute atomic E-state index is 0.625. The van der Waals surface area contributed by atoms with Crippen LogP contribution in [0.3, 0.4) is 0 Å². The summed E-state index contributed by atoms with van der Waals surface area (Å²) in [6, 6.07) is 0. The highest BCUT2D eigenvalue weighted by Crippen LogP contribution is 2.19. The molecule has 0 fully saturated rings. The van der Waals surface area contributed by atoms with Crippen LogP contribution in [0.5, 0.6) is 0 Å². The molecule has 1 aliphatic rings. The summed E-state index contributed by atoms with van der Waals surface area (Å²) < 4.78 is 0. The van der Waals surface area contributed by atoms with E-state index in [0.717, 1.165) is 43.9 Å². The third-order valence-corrected chi connectivity index (χ3v) is 4.17. The van der Waals surface area contributed by atoms with Crippen molar-refractivity contribution < 1.29 is 0 Å². The molecule has 2 rings (SSSR count). The molecule has 0 aliphatic heterocycles. The van der Waals surface area contributed by atoms with Gasteiger partial charge in [0.2, 0.25) is 0 Å². The molecule has 112 valence electrons. The van der Waals surface area contributed by atoms with E-state index in [9.17, 15) is 0 Å². The van der Waals surface area contributed by atoms with E-state index in [-0.39, 0.29) is 0 Å². The van der Waals surface area contributed by atoms with Crippen LogP contribution in [0.15, 0.2) is 11.6 Å². The van der Waals surface area contributed by atoms with Crippen molar-refractivity contribution in [3.05, 3.63) is 28.3 Å². The molecule has 0 unspecified atom stereocenters. The summed E-state index contributed by atoms with van der Waals surface area (Å²) in [7, 11) is 0. The van der Waals surface area contributed by atoms with Crippen LogP contribution in [-0.4, -0.2) is 16.5 Å². The zero-order valence-electron chi connectivity index (χ0n) is 12.5. The first-order chi connectivity index (χ1) is 9.79. The number of hydrogen-bond donors (Lipinski definition) is 2. The number of rotatable bonds is 8. The predicted octanol–water partition coefficient (Wildman–Crippen LogP) is 4.39. The molecule has 0 aromatic carbocycles. The average Bonchev–Trinajstić information content (AvgIpc) is 2.83. The lowest BCUT2D eigenvalue weighted by Gasteiger charge is -2.12. The zero-order chi connectivity index (χ0) is 14.2. The van der Waals surface area contributed by atoms with E-state index in [4.69, 9.17) is 11.6 Å². The third kappa shape index (κ3) is 4.95. The van der Waals surface area contributed by atoms with Crippen molar-refractivity contribution in [3.63, 3.8) is 0 Å². The van der Waals surface area contributed by atoms with E-state index in [0.29, 0.717) is 5.15 Å². The lowest BCUT2D eigenvalue weighted by atomic mass is 9.97. The van der Waals surface area contributed by atoms with E-state index in [1.807, 2.05) is 0 Å². The Bertz CT molecular complexity index is 437. The van der Waals surface area contributed by atoms with E-state index in [1.54, 1.807) is 5.57 Å². The third-order valence-electron chi connectivity index (χ3n) is 3.85. The van der Waals surface area contributed by atoms with Crippen LogP contribution in [0.1, 0.15) is 63.4 Å². The molecular weight excluding hydrogens is 270 g/mol. The van der Waals surface area contributed by atoms with Gasteiger partial charge in [0.25, 0.3) is 0 Å². The topological polar surface area (TPSA) is 40.7 Å². The second kappa shape index (κ2) is 8.48. The van der Waals surface area contributed by atoms with Crippen LogP contribution in [0.2, 0.25) is 5.15 Å². The maximum atomic E-state index is 6.16. The van der Waals surface area contributed by atoms with Gasteiger partial charge in [0.1, 0.15) is 5.82 Å². The standard InChI is InChI=1S/C16H26ClN3/c1-2-3-9-15-19-14(16(17)20-15)12-18-11-10-13-7-5-4-6-8-13/h7,18H,2-6,8-12H2,1H3,(H,19,20). The van der Waals surface area contributed by atoms with E-state index in [2.05, 4.69) is 28.3 Å². The Labute approximate surface area is 127 Å². The van der Waals surface area contributed by atoms with Gasteiger partial charge in [-0.3, -0.25) is 0 Å². The molecule has 0 atom stereocenters. The number of imidazole rings is 1. The second-order valence-corrected chi connectivity index (χ2v) is 5.95. The van der Waals surface area contributed by atoms with Crippen LogP contribution < -0.4 is 5.32 Å². The maximum Gasteiger partial charge on any atom is 0.151 e. The fraction of sp³-hybridized carbons (Fsp3) is 0.688. The van der Waals surface area contributed by atoms with Gasteiger partial charge in [-0.15, -0.1) is 0 Å². The molecule has 0 amide bonds. The second-order valence-electron chi connectivity index (χ2n) is 5.59. The number of aryl methyl sites for hydroxylation is 1. The minimum atomic E-state index is 0.625. The van der Waals surface area contributed by atoms with Gasteiger partial charge in [-0.25, -0.2) is 4.98 Å². The summed E-state index contributed by atoms with van der Waals surface area (Å²) in [6.07, 6.45) is 12.2. The summed E-state index contributed by atoms with van der Waals surface area (Å²) in [5.41, 5.74) is 2.64. The first-order valence-corrected chi connectivity index (χ1v) is 8.29. The quantitative estimate of drug-likeness (QED) is 0.552. The molecule has 3 nitrogen and oxygen atoms in total. The molecule has 2 N–H and O–H groups in total. The largest absolute Gasteiger partial charge is 0.344 e. The Morgan fingerprint density at radius 2 is 2.25 bits per heavy atom. The molecule has 0 saturated carbocycles. The Morgan fingerprint density at radius 3 is 3.00 bits per heavy atom. The number of hydrogen-bond acceptors (Lipinski definition) is 2. The summed E-state index contributed by atoms with van der Waals surface area (Å²) in [4.78, 5) is 7.71. The number of unbranched alkanes of at least 4 members (excludes halogenated alkanes) is 1. The molecule has 0 spiro atoms. The number of halogens is 1. The van der Waals surface area contributed by atoms with Crippen LogP contribution in [0, 0.1) is 0 Å². The summed E-state index contributed by atoms with van der Waals surface area (Å²) in [6.45, 7) is 3.99. The molecule has 4 heteroatoms. The van der Waals surface area contributed by atoms with Crippen molar-refractivity contribution in [3.8, 4) is 0 Å². The predicted molar refractivity (Wildman–Crippen MR) is 85.1 cm³/mol. The lowest BCUT2D eigenvalue weighted by Crippen LogP contribution is -2.16. The highest BCUT2D eigenvalue weighted by Gasteiger charge is 2.08. The molecule has 0 radical (unpaired) electrons. The van der Waals surface area contributed by atoms with Gasteiger partial charge >= 0.3 is 0 Å². The highest BCUT2D eigenvalue weighted by atomic mass is 35.5. The first kappa shape index (κ1) is 15.6. The van der Waals surface area contributed by atoms with Gasteiger partial charge in [0.05, 0.1) is 5.69 Å². The van der Waals surface area contributed by atoms with Gasteiger partial charge in [0.15, 0.2) is 5.15 Å². The Balaban J connectivity index is 1.70. The Morgan fingerprint density at radius 1 is 1.35 bits per heavy atom. The van der Waals surface area contributed by atoms with Crippen LogP contribution in [0.25, 0.3) is 0 Å². The van der Waals surface area contributed by atoms with Gasteiger partial charge in [-0.05, 0) is 45.1 Å². The molecule has 1 aliphatic carbocycles. The SMILES string of the molecule is CCCCc1nc(Cl)c(CNCCC2=CCCCC2)[nH]1. The summed E-state index contributed by atoms with van der Waals surface area (Å²) in [5, 5.41) is 4.09. The summed E-state index contributed by atoms with van der Waals surface area (Å²) >= 11 is 6.16. The van der Waals surface area contributed by atoms with Crippen LogP contribution in [-0.2, 0) is 13.0 Å². The minimum Gasteiger partial charge on any atom is -0.344 e. The van der Waals surface area contributed by atoms with Gasteiger partial charge in [0, 0.05) is 13.0 Å². The molecule has 0 bridgehead atoms. The van der Waals surface area contributed by atoms with Crippen LogP contribution in [0.4, 0.5) is 0 Å². The Hall–Kier alpha value is -0.800. The highest BCUT2D eigenvalue weighted by molar-refractivity contribution is 6.30. The molecule has 1 aromatic heterocycles. The van der Waals surface area contributed by atoms with Crippen molar-refractivity contribution >= 4 is 11.6 Å². The fourth-order valence-electron chi connectivity index (χ4n) is 2.61. The normalized spacial score (nSPS) is 15.4. The van der Waals surface area contributed by atoms with Crippen molar-refractivity contribution in [2.45, 2.75) is 64.8 Å². The average molecular weight is 296 g/mol. The molecule has 20 heavy (non-hydrogen) atoms. The number of allylic oxidation sites excluding steroid dienone is 1. The lowest BCUT2D eigenvalue weighted by molar-refractivity contribution is 0.628. The smallest absolute Gasteiger partial charge is 0.151 e. The number of aromatic amines is 1. The number of nitrogens with one attached hydrogen (secondary N) is 2. The van der Waals surface area contributed by atoms with Gasteiger partial charge < -0.3 is 10.3 Å². The zero-order valence-corrected chi connectivity index (χ0v) is 13.2. The number of H-pyrrole nitrogens is 1. The van der Waals surface area contributed by atoms with Crippen molar-refractivity contribution in [1.29, 1.82) is 0 Å². The number of nitrogens with zero attached hydrogens (tertiary/aromatic N) is 1. The molecule has 1 heterocycles. The molecular formula is C16H26ClN3. The van der Waals surface area contributed by atoms with E-state index < -0.39 is 0 Å². The van der Waals surface area contributed by atoms with Gasteiger partial charge in [-0.2, -0.15) is 0 Å². The molecule has 1 aromatic rings. The van der Waals surface area contributed by atoms with Crippen molar-refractivity contribution in [2.24, 2.45) is 0 Å². The van der Waals surface area contributed by atoms with Crippen LogP contribution >= 0.6 is 11.6 Å². The fourth-order valence-corrected chi connectivity index (χ4v) is 2.83. The summed E-state index contributed by atoms with van der Waals surface area (Å²) in [5.74, 6) is 1.02. The first-order valence-electron chi connectivity index (χ1n) is 7.91. The molecule has 0 saturated heterocycles. The van der Waals surface area contributed by atoms with Crippen molar-refractivity contribution in [1.82, 2.24) is 15.3 Å². The number of aromatic nitrogens is 2. The Kier molecular flexibility index (Phi) is 6.61. The monoisotopic (exact) mass is 295 g/mol. The van der Waals surface area contributed by atoms with Crippen molar-refractivity contribution in [2.75, 3.05) is 6.54 Å².